The minimum atomic E-state index is -0.649. The van der Waals surface area contributed by atoms with E-state index < -0.39 is 5.54 Å². The molecule has 1 amide bonds. The van der Waals surface area contributed by atoms with Crippen molar-refractivity contribution in [2.75, 3.05) is 14.2 Å². The summed E-state index contributed by atoms with van der Waals surface area (Å²) in [6.45, 7) is 0. The molecule has 0 saturated heterocycles. The van der Waals surface area contributed by atoms with E-state index in [9.17, 15) is 10.1 Å². The van der Waals surface area contributed by atoms with Gasteiger partial charge in [-0.3, -0.25) is 4.79 Å². The van der Waals surface area contributed by atoms with Crippen molar-refractivity contribution in [2.45, 2.75) is 56.6 Å². The van der Waals surface area contributed by atoms with Crippen LogP contribution in [0.2, 0.25) is 0 Å². The Morgan fingerprint density at radius 1 is 1.25 bits per heavy atom. The molecule has 0 N–H and O–H groups in total. The highest BCUT2D eigenvalue weighted by Crippen LogP contribution is 2.38. The Labute approximate surface area is 143 Å². The Kier molecular flexibility index (Phi) is 4.66. The van der Waals surface area contributed by atoms with E-state index in [1.165, 1.54) is 12.8 Å². The Morgan fingerprint density at radius 2 is 1.96 bits per heavy atom. The number of ether oxygens (including phenoxy) is 2. The van der Waals surface area contributed by atoms with E-state index in [1.807, 2.05) is 0 Å². The maximum atomic E-state index is 12.8. The minimum absolute atomic E-state index is 0.143. The van der Waals surface area contributed by atoms with Crippen molar-refractivity contribution in [2.24, 2.45) is 0 Å². The van der Waals surface area contributed by atoms with Crippen LogP contribution in [-0.4, -0.2) is 36.6 Å². The summed E-state index contributed by atoms with van der Waals surface area (Å²) in [4.78, 5) is 14.4. The predicted molar refractivity (Wildman–Crippen MR) is 90.2 cm³/mol. The predicted octanol–water partition coefficient (Wildman–Crippen LogP) is 3.53. The Hall–Kier alpha value is -2.22. The number of hydrogen-bond acceptors (Lipinski definition) is 4. The summed E-state index contributed by atoms with van der Waals surface area (Å²) >= 11 is 0. The topological polar surface area (TPSA) is 62.6 Å². The quantitative estimate of drug-likeness (QED) is 0.829. The number of hydrogen-bond donors (Lipinski definition) is 0. The van der Waals surface area contributed by atoms with E-state index in [4.69, 9.17) is 9.47 Å². The van der Waals surface area contributed by atoms with Gasteiger partial charge in [-0.2, -0.15) is 5.26 Å². The SMILES string of the molecule is COc1ccc(C(=O)N(C)C2(C#N)CCC2)cc1OC1CCCC1. The minimum Gasteiger partial charge on any atom is -0.493 e. The van der Waals surface area contributed by atoms with E-state index in [-0.39, 0.29) is 12.0 Å². The zero-order valence-corrected chi connectivity index (χ0v) is 14.4. The van der Waals surface area contributed by atoms with Gasteiger partial charge in [0.15, 0.2) is 11.5 Å². The normalized spacial score (nSPS) is 19.2. The Bertz CT molecular complexity index is 655. The second kappa shape index (κ2) is 6.72. The van der Waals surface area contributed by atoms with Gasteiger partial charge in [-0.1, -0.05) is 0 Å². The molecule has 0 aliphatic heterocycles. The lowest BCUT2D eigenvalue weighted by Gasteiger charge is -2.42. The first-order valence-corrected chi connectivity index (χ1v) is 8.64. The highest BCUT2D eigenvalue weighted by Gasteiger charge is 2.43. The van der Waals surface area contributed by atoms with Crippen LogP contribution in [-0.2, 0) is 0 Å². The summed E-state index contributed by atoms with van der Waals surface area (Å²) in [5, 5.41) is 9.44. The first-order valence-electron chi connectivity index (χ1n) is 8.64. The molecule has 0 unspecified atom stereocenters. The van der Waals surface area contributed by atoms with Gasteiger partial charge in [0, 0.05) is 12.6 Å². The van der Waals surface area contributed by atoms with Crippen LogP contribution < -0.4 is 9.47 Å². The number of nitrogens with zero attached hydrogens (tertiary/aromatic N) is 2. The van der Waals surface area contributed by atoms with Crippen molar-refractivity contribution < 1.29 is 14.3 Å². The Balaban J connectivity index is 1.82. The van der Waals surface area contributed by atoms with Gasteiger partial charge in [-0.05, 0) is 63.1 Å². The van der Waals surface area contributed by atoms with Crippen molar-refractivity contribution in [1.82, 2.24) is 4.90 Å². The number of rotatable bonds is 5. The van der Waals surface area contributed by atoms with Crippen LogP contribution in [0.15, 0.2) is 18.2 Å². The van der Waals surface area contributed by atoms with Crippen LogP contribution in [0.3, 0.4) is 0 Å². The lowest BCUT2D eigenvalue weighted by Crippen LogP contribution is -2.53. The Morgan fingerprint density at radius 3 is 2.50 bits per heavy atom. The average molecular weight is 328 g/mol. The van der Waals surface area contributed by atoms with Crippen LogP contribution in [0, 0.1) is 11.3 Å². The molecule has 5 heteroatoms. The molecule has 24 heavy (non-hydrogen) atoms. The summed E-state index contributed by atoms with van der Waals surface area (Å²) in [6, 6.07) is 7.57. The first-order chi connectivity index (χ1) is 11.6. The zero-order chi connectivity index (χ0) is 17.2. The van der Waals surface area contributed by atoms with E-state index in [1.54, 1.807) is 37.3 Å². The average Bonchev–Trinajstić information content (AvgIpc) is 3.06. The summed E-state index contributed by atoms with van der Waals surface area (Å²) in [7, 11) is 3.32. The van der Waals surface area contributed by atoms with E-state index >= 15 is 0 Å². The molecule has 0 radical (unpaired) electrons. The molecule has 2 saturated carbocycles. The number of carbonyl (C=O) groups is 1. The van der Waals surface area contributed by atoms with Crippen LogP contribution >= 0.6 is 0 Å². The van der Waals surface area contributed by atoms with Crippen molar-refractivity contribution in [3.63, 3.8) is 0 Å². The summed E-state index contributed by atoms with van der Waals surface area (Å²) in [5.74, 6) is 1.11. The fourth-order valence-corrected chi connectivity index (χ4v) is 3.51. The van der Waals surface area contributed by atoms with Gasteiger partial charge in [0.1, 0.15) is 5.54 Å². The van der Waals surface area contributed by atoms with E-state index in [2.05, 4.69) is 6.07 Å². The number of carbonyl (C=O) groups excluding carboxylic acids is 1. The molecule has 0 spiro atoms. The van der Waals surface area contributed by atoms with Crippen LogP contribution in [0.1, 0.15) is 55.3 Å². The number of methoxy groups -OCH3 is 1. The molecule has 3 rings (SSSR count). The van der Waals surface area contributed by atoms with E-state index in [0.717, 1.165) is 32.1 Å². The summed E-state index contributed by atoms with van der Waals surface area (Å²) in [5.41, 5.74) is -0.114. The highest BCUT2D eigenvalue weighted by atomic mass is 16.5. The van der Waals surface area contributed by atoms with Crippen molar-refractivity contribution in [1.29, 1.82) is 5.26 Å². The molecule has 2 fully saturated rings. The van der Waals surface area contributed by atoms with Gasteiger partial charge >= 0.3 is 0 Å². The van der Waals surface area contributed by atoms with Gasteiger partial charge in [0.25, 0.3) is 5.91 Å². The van der Waals surface area contributed by atoms with Gasteiger partial charge < -0.3 is 14.4 Å². The van der Waals surface area contributed by atoms with Crippen molar-refractivity contribution in [3.05, 3.63) is 23.8 Å². The number of amides is 1. The van der Waals surface area contributed by atoms with Gasteiger partial charge in [-0.15, -0.1) is 0 Å². The molecule has 5 nitrogen and oxygen atoms in total. The second-order valence-electron chi connectivity index (χ2n) is 6.75. The summed E-state index contributed by atoms with van der Waals surface area (Å²) < 4.78 is 11.4. The van der Waals surface area contributed by atoms with Crippen molar-refractivity contribution >= 4 is 5.91 Å². The molecule has 0 atom stereocenters. The third kappa shape index (κ3) is 2.93. The fraction of sp³-hybridized carbons (Fsp3) is 0.579. The number of benzene rings is 1. The first kappa shape index (κ1) is 16.6. The molecular weight excluding hydrogens is 304 g/mol. The third-order valence-electron chi connectivity index (χ3n) is 5.34. The smallest absolute Gasteiger partial charge is 0.255 e. The molecule has 128 valence electrons. The molecule has 0 heterocycles. The van der Waals surface area contributed by atoms with Crippen LogP contribution in [0.5, 0.6) is 11.5 Å². The third-order valence-corrected chi connectivity index (χ3v) is 5.34. The second-order valence-corrected chi connectivity index (χ2v) is 6.75. The lowest BCUT2D eigenvalue weighted by atomic mass is 9.76. The fourth-order valence-electron chi connectivity index (χ4n) is 3.51. The van der Waals surface area contributed by atoms with Crippen molar-refractivity contribution in [3.8, 4) is 17.6 Å². The van der Waals surface area contributed by atoms with Gasteiger partial charge in [0.05, 0.1) is 19.3 Å². The maximum Gasteiger partial charge on any atom is 0.255 e. The lowest BCUT2D eigenvalue weighted by molar-refractivity contribution is 0.0497. The summed E-state index contributed by atoms with van der Waals surface area (Å²) in [6.07, 6.45) is 7.11. The molecular formula is C19H24N2O3. The molecule has 0 aromatic heterocycles. The van der Waals surface area contributed by atoms with Crippen LogP contribution in [0.25, 0.3) is 0 Å². The van der Waals surface area contributed by atoms with Gasteiger partial charge in [-0.25, -0.2) is 0 Å². The monoisotopic (exact) mass is 328 g/mol. The molecule has 2 aliphatic rings. The molecule has 0 bridgehead atoms. The maximum absolute atomic E-state index is 12.8. The van der Waals surface area contributed by atoms with Gasteiger partial charge in [0.2, 0.25) is 0 Å². The number of nitriles is 1. The highest BCUT2D eigenvalue weighted by molar-refractivity contribution is 5.95. The van der Waals surface area contributed by atoms with E-state index in [0.29, 0.717) is 17.1 Å². The standard InChI is InChI=1S/C19H24N2O3/c1-21(19(13-20)10-5-11-19)18(22)14-8-9-16(23-2)17(12-14)24-15-6-3-4-7-15/h8-9,12,15H,3-7,10-11H2,1-2H3. The van der Waals surface area contributed by atoms with Crippen LogP contribution in [0.4, 0.5) is 0 Å². The molecule has 1 aromatic rings. The largest absolute Gasteiger partial charge is 0.493 e. The zero-order valence-electron chi connectivity index (χ0n) is 14.4. The molecule has 2 aliphatic carbocycles. The molecule has 1 aromatic carbocycles.